The molecule has 0 nitrogen and oxygen atoms in total. The van der Waals surface area contributed by atoms with Crippen molar-refractivity contribution in [2.45, 2.75) is 43.9 Å². The monoisotopic (exact) mass is 592 g/mol. The predicted octanol–water partition coefficient (Wildman–Crippen LogP) is 11.7. The third kappa shape index (κ3) is 3.71. The summed E-state index contributed by atoms with van der Waals surface area (Å²) in [6, 6.07) is 41.3. The fourth-order valence-electron chi connectivity index (χ4n) is 9.65. The lowest BCUT2D eigenvalue weighted by Gasteiger charge is -2.57. The highest BCUT2D eigenvalue weighted by Gasteiger charge is 2.51. The SMILES string of the molecule is Brc1ccc2c(-c3cccc4ccccc34)c3ccccc3c(-c3ccc(C45CC6CC(CC(C6)C4)C5)cc3)c2c1. The summed E-state index contributed by atoms with van der Waals surface area (Å²) in [5, 5.41) is 7.84. The number of hydrogen-bond donors (Lipinski definition) is 0. The van der Waals surface area contributed by atoms with Crippen molar-refractivity contribution in [3.63, 3.8) is 0 Å². The van der Waals surface area contributed by atoms with Crippen LogP contribution >= 0.6 is 15.9 Å². The molecule has 0 N–H and O–H groups in total. The predicted molar refractivity (Wildman–Crippen MR) is 177 cm³/mol. The first-order valence-electron chi connectivity index (χ1n) is 15.4. The first kappa shape index (κ1) is 24.2. The van der Waals surface area contributed by atoms with Crippen LogP contribution in [0.3, 0.4) is 0 Å². The Bertz CT molecular complexity index is 1940. The van der Waals surface area contributed by atoms with Gasteiger partial charge in [-0.1, -0.05) is 113 Å². The molecule has 10 rings (SSSR count). The van der Waals surface area contributed by atoms with Crippen LogP contribution in [0.2, 0.25) is 0 Å². The Morgan fingerprint density at radius 1 is 0.512 bits per heavy atom. The number of hydrogen-bond acceptors (Lipinski definition) is 0. The van der Waals surface area contributed by atoms with E-state index in [9.17, 15) is 0 Å². The Balaban J connectivity index is 1.27. The normalized spacial score (nSPS) is 25.0. The highest BCUT2D eigenvalue weighted by molar-refractivity contribution is 9.10. The van der Waals surface area contributed by atoms with Crippen molar-refractivity contribution in [2.75, 3.05) is 0 Å². The van der Waals surface area contributed by atoms with Crippen LogP contribution in [0.1, 0.15) is 44.1 Å². The molecule has 0 heterocycles. The lowest BCUT2D eigenvalue weighted by atomic mass is 9.48. The fourth-order valence-corrected chi connectivity index (χ4v) is 10.0. The van der Waals surface area contributed by atoms with Crippen molar-refractivity contribution in [3.8, 4) is 22.3 Å². The van der Waals surface area contributed by atoms with Crippen LogP contribution in [0.25, 0.3) is 54.6 Å². The van der Waals surface area contributed by atoms with Crippen molar-refractivity contribution in [1.82, 2.24) is 0 Å². The van der Waals surface area contributed by atoms with E-state index in [1.54, 1.807) is 5.56 Å². The minimum Gasteiger partial charge on any atom is -0.0616 e. The number of fused-ring (bicyclic) bond motifs is 3. The smallest absolute Gasteiger partial charge is 0.0181 e. The summed E-state index contributed by atoms with van der Waals surface area (Å²) in [4.78, 5) is 0. The van der Waals surface area contributed by atoms with Gasteiger partial charge in [0.15, 0.2) is 0 Å². The molecule has 4 saturated carbocycles. The molecule has 0 amide bonds. The van der Waals surface area contributed by atoms with Gasteiger partial charge in [0.05, 0.1) is 0 Å². The summed E-state index contributed by atoms with van der Waals surface area (Å²) in [5.74, 6) is 2.90. The third-order valence-electron chi connectivity index (χ3n) is 10.9. The number of halogens is 1. The molecule has 4 fully saturated rings. The van der Waals surface area contributed by atoms with Crippen molar-refractivity contribution in [3.05, 3.63) is 119 Å². The van der Waals surface area contributed by atoms with E-state index >= 15 is 0 Å². The van der Waals surface area contributed by atoms with Crippen molar-refractivity contribution >= 4 is 48.2 Å². The van der Waals surface area contributed by atoms with E-state index in [0.29, 0.717) is 5.41 Å². The van der Waals surface area contributed by atoms with Crippen molar-refractivity contribution in [1.29, 1.82) is 0 Å². The molecule has 0 aliphatic heterocycles. The maximum Gasteiger partial charge on any atom is 0.0181 e. The van der Waals surface area contributed by atoms with Gasteiger partial charge < -0.3 is 0 Å². The van der Waals surface area contributed by atoms with Gasteiger partial charge in [0.1, 0.15) is 0 Å². The summed E-state index contributed by atoms with van der Waals surface area (Å²) >= 11 is 3.83. The summed E-state index contributed by atoms with van der Waals surface area (Å²) in [6.07, 6.45) is 8.72. The molecule has 0 saturated heterocycles. The lowest BCUT2D eigenvalue weighted by molar-refractivity contribution is -0.00518. The van der Waals surface area contributed by atoms with E-state index in [4.69, 9.17) is 0 Å². The molecule has 4 aliphatic rings. The zero-order valence-electron chi connectivity index (χ0n) is 23.2. The van der Waals surface area contributed by atoms with Crippen LogP contribution in [-0.4, -0.2) is 0 Å². The highest BCUT2D eigenvalue weighted by Crippen LogP contribution is 2.61. The Morgan fingerprint density at radius 2 is 1.10 bits per heavy atom. The summed E-state index contributed by atoms with van der Waals surface area (Å²) in [6.45, 7) is 0. The van der Waals surface area contributed by atoms with Crippen molar-refractivity contribution in [2.24, 2.45) is 17.8 Å². The molecular formula is C40H33Br. The van der Waals surface area contributed by atoms with Gasteiger partial charge in [-0.05, 0) is 134 Å². The van der Waals surface area contributed by atoms with E-state index in [1.165, 1.54) is 93.1 Å². The molecule has 0 radical (unpaired) electrons. The largest absolute Gasteiger partial charge is 0.0616 e. The topological polar surface area (TPSA) is 0 Å². The molecule has 4 bridgehead atoms. The highest BCUT2D eigenvalue weighted by atomic mass is 79.9. The zero-order valence-corrected chi connectivity index (χ0v) is 24.8. The van der Waals surface area contributed by atoms with E-state index in [2.05, 4.69) is 125 Å². The second-order valence-corrected chi connectivity index (χ2v) is 14.2. The Kier molecular flexibility index (Phi) is 5.34. The van der Waals surface area contributed by atoms with E-state index in [1.807, 2.05) is 0 Å². The lowest BCUT2D eigenvalue weighted by Crippen LogP contribution is -2.48. The first-order valence-corrected chi connectivity index (χ1v) is 16.2. The van der Waals surface area contributed by atoms with E-state index in [0.717, 1.165) is 22.2 Å². The second-order valence-electron chi connectivity index (χ2n) is 13.3. The average Bonchev–Trinajstić information content (AvgIpc) is 2.99. The Hall–Kier alpha value is -3.42. The molecule has 200 valence electrons. The fraction of sp³-hybridized carbons (Fsp3) is 0.250. The average molecular weight is 594 g/mol. The molecule has 6 aromatic carbocycles. The second kappa shape index (κ2) is 9.04. The summed E-state index contributed by atoms with van der Waals surface area (Å²) in [7, 11) is 0. The first-order chi connectivity index (χ1) is 20.1. The van der Waals surface area contributed by atoms with E-state index in [-0.39, 0.29) is 0 Å². The molecule has 1 heteroatoms. The number of rotatable bonds is 3. The molecule has 0 spiro atoms. The maximum atomic E-state index is 3.83. The van der Waals surface area contributed by atoms with Crippen LogP contribution < -0.4 is 0 Å². The van der Waals surface area contributed by atoms with Gasteiger partial charge >= 0.3 is 0 Å². The number of benzene rings is 6. The van der Waals surface area contributed by atoms with Gasteiger partial charge in [-0.3, -0.25) is 0 Å². The molecule has 4 aliphatic carbocycles. The molecule has 41 heavy (non-hydrogen) atoms. The van der Waals surface area contributed by atoms with Gasteiger partial charge in [-0.2, -0.15) is 0 Å². The van der Waals surface area contributed by atoms with Gasteiger partial charge in [0.25, 0.3) is 0 Å². The van der Waals surface area contributed by atoms with Crippen LogP contribution in [0, 0.1) is 17.8 Å². The third-order valence-corrected chi connectivity index (χ3v) is 11.4. The van der Waals surface area contributed by atoms with E-state index < -0.39 is 0 Å². The van der Waals surface area contributed by atoms with Crippen LogP contribution in [0.15, 0.2) is 114 Å². The summed E-state index contributed by atoms with van der Waals surface area (Å²) in [5.41, 5.74) is 7.32. The van der Waals surface area contributed by atoms with Crippen LogP contribution in [0.4, 0.5) is 0 Å². The molecule has 0 unspecified atom stereocenters. The maximum absolute atomic E-state index is 3.83. The molecular weight excluding hydrogens is 560 g/mol. The van der Waals surface area contributed by atoms with Crippen LogP contribution in [0.5, 0.6) is 0 Å². The standard InChI is InChI=1S/C40H33Br/c41-31-16-17-36-37(21-31)38(29-12-14-30(15-13-29)40-22-25-18-26(23-40)20-27(19-25)24-40)34-9-3-4-10-35(34)39(36)33-11-5-7-28-6-1-2-8-32(28)33/h1-17,21,25-27H,18-20,22-24H2. The van der Waals surface area contributed by atoms with Gasteiger partial charge in [0.2, 0.25) is 0 Å². The van der Waals surface area contributed by atoms with Gasteiger partial charge in [0, 0.05) is 4.47 Å². The van der Waals surface area contributed by atoms with Gasteiger partial charge in [-0.15, -0.1) is 0 Å². The Morgan fingerprint density at radius 3 is 1.80 bits per heavy atom. The quantitative estimate of drug-likeness (QED) is 0.179. The Labute approximate surface area is 250 Å². The van der Waals surface area contributed by atoms with Crippen molar-refractivity contribution < 1.29 is 0 Å². The van der Waals surface area contributed by atoms with Crippen LogP contribution in [-0.2, 0) is 5.41 Å². The molecule has 0 atom stereocenters. The minimum absolute atomic E-state index is 0.429. The molecule has 0 aromatic heterocycles. The van der Waals surface area contributed by atoms with Gasteiger partial charge in [-0.25, -0.2) is 0 Å². The summed E-state index contributed by atoms with van der Waals surface area (Å²) < 4.78 is 1.12. The molecule has 6 aromatic rings. The minimum atomic E-state index is 0.429. The zero-order chi connectivity index (χ0) is 27.1.